The second-order valence-corrected chi connectivity index (χ2v) is 5.80. The Hall–Kier alpha value is -2.92. The second-order valence-electron chi connectivity index (χ2n) is 5.80. The highest BCUT2D eigenvalue weighted by molar-refractivity contribution is 5.67. The van der Waals surface area contributed by atoms with Crippen LogP contribution in [0.2, 0.25) is 0 Å². The van der Waals surface area contributed by atoms with Crippen LogP contribution in [0.3, 0.4) is 0 Å². The van der Waals surface area contributed by atoms with Gasteiger partial charge in [-0.1, -0.05) is 48.5 Å². The van der Waals surface area contributed by atoms with Crippen molar-refractivity contribution in [3.8, 4) is 11.4 Å². The van der Waals surface area contributed by atoms with Crippen molar-refractivity contribution >= 4 is 17.3 Å². The van der Waals surface area contributed by atoms with Crippen LogP contribution < -0.4 is 10.2 Å². The maximum Gasteiger partial charge on any atom is 0.163 e. The number of aromatic nitrogens is 2. The van der Waals surface area contributed by atoms with Crippen LogP contribution in [0.1, 0.15) is 6.92 Å². The molecule has 1 heterocycles. The van der Waals surface area contributed by atoms with Crippen molar-refractivity contribution in [2.24, 2.45) is 0 Å². The molecule has 134 valence electrons. The van der Waals surface area contributed by atoms with Gasteiger partial charge < -0.3 is 15.0 Å². The number of hydrogen-bond donors (Lipinski definition) is 1. The number of rotatable bonds is 8. The van der Waals surface area contributed by atoms with E-state index in [0.717, 1.165) is 29.4 Å². The monoisotopic (exact) mass is 348 g/mol. The second kappa shape index (κ2) is 8.97. The summed E-state index contributed by atoms with van der Waals surface area (Å²) >= 11 is 0. The summed E-state index contributed by atoms with van der Waals surface area (Å²) in [7, 11) is 1.69. The molecule has 0 saturated carbocycles. The van der Waals surface area contributed by atoms with Crippen molar-refractivity contribution in [1.29, 1.82) is 0 Å². The Kier molecular flexibility index (Phi) is 6.17. The highest BCUT2D eigenvalue weighted by atomic mass is 16.5. The van der Waals surface area contributed by atoms with E-state index in [4.69, 9.17) is 9.72 Å². The van der Waals surface area contributed by atoms with Crippen molar-refractivity contribution < 1.29 is 4.74 Å². The van der Waals surface area contributed by atoms with Crippen molar-refractivity contribution in [2.45, 2.75) is 6.92 Å². The van der Waals surface area contributed by atoms with Gasteiger partial charge in [-0.2, -0.15) is 0 Å². The third-order valence-electron chi connectivity index (χ3n) is 4.02. The van der Waals surface area contributed by atoms with Crippen LogP contribution in [-0.4, -0.2) is 36.8 Å². The molecule has 0 aliphatic heterocycles. The van der Waals surface area contributed by atoms with Gasteiger partial charge in [-0.05, 0) is 19.1 Å². The lowest BCUT2D eigenvalue weighted by Crippen LogP contribution is -2.19. The van der Waals surface area contributed by atoms with Gasteiger partial charge in [-0.3, -0.25) is 0 Å². The molecule has 0 radical (unpaired) electrons. The average Bonchev–Trinajstić information content (AvgIpc) is 2.70. The number of nitrogens with zero attached hydrogens (tertiary/aromatic N) is 3. The maximum absolute atomic E-state index is 5.13. The summed E-state index contributed by atoms with van der Waals surface area (Å²) in [5, 5.41) is 3.32. The van der Waals surface area contributed by atoms with Crippen molar-refractivity contribution in [3.63, 3.8) is 0 Å². The zero-order valence-electron chi connectivity index (χ0n) is 15.2. The lowest BCUT2D eigenvalue weighted by Gasteiger charge is -2.23. The van der Waals surface area contributed by atoms with Crippen LogP contribution in [0.5, 0.6) is 0 Å². The first-order valence-electron chi connectivity index (χ1n) is 8.81. The molecule has 0 amide bonds. The quantitative estimate of drug-likeness (QED) is 0.613. The summed E-state index contributed by atoms with van der Waals surface area (Å²) in [6, 6.07) is 22.3. The fraction of sp³-hybridized carbons (Fsp3) is 0.238. The lowest BCUT2D eigenvalue weighted by molar-refractivity contribution is 0.210. The number of benzene rings is 2. The molecule has 0 aliphatic carbocycles. The molecule has 26 heavy (non-hydrogen) atoms. The summed E-state index contributed by atoms with van der Waals surface area (Å²) in [5.41, 5.74) is 2.10. The Morgan fingerprint density at radius 2 is 1.65 bits per heavy atom. The molecule has 0 fully saturated rings. The van der Waals surface area contributed by atoms with E-state index in [2.05, 4.69) is 34.3 Å². The van der Waals surface area contributed by atoms with Crippen LogP contribution in [0.4, 0.5) is 17.3 Å². The Morgan fingerprint density at radius 1 is 0.962 bits per heavy atom. The number of ether oxygens (including phenoxy) is 1. The van der Waals surface area contributed by atoms with Gasteiger partial charge in [0.1, 0.15) is 11.6 Å². The van der Waals surface area contributed by atoms with E-state index in [1.165, 1.54) is 0 Å². The average molecular weight is 348 g/mol. The largest absolute Gasteiger partial charge is 0.383 e. The Labute approximate surface area is 154 Å². The minimum absolute atomic E-state index is 0.621. The van der Waals surface area contributed by atoms with E-state index in [0.29, 0.717) is 19.0 Å². The van der Waals surface area contributed by atoms with Gasteiger partial charge in [0, 0.05) is 37.5 Å². The SMILES string of the molecule is CCN(c1ccccc1)c1cc(NCCOC)nc(-c2ccccc2)n1. The molecule has 5 nitrogen and oxygen atoms in total. The first-order valence-corrected chi connectivity index (χ1v) is 8.81. The zero-order valence-corrected chi connectivity index (χ0v) is 15.2. The van der Waals surface area contributed by atoms with Crippen LogP contribution in [0, 0.1) is 0 Å². The molecule has 5 heteroatoms. The standard InChI is InChI=1S/C21H24N4O/c1-3-25(18-12-8-5-9-13-18)20-16-19(22-14-15-26-2)23-21(24-20)17-10-6-4-7-11-17/h4-13,16H,3,14-15H2,1-2H3,(H,22,23,24). The van der Waals surface area contributed by atoms with Gasteiger partial charge in [-0.15, -0.1) is 0 Å². The van der Waals surface area contributed by atoms with Crippen LogP contribution >= 0.6 is 0 Å². The van der Waals surface area contributed by atoms with Crippen LogP contribution in [-0.2, 0) is 4.74 Å². The molecule has 0 unspecified atom stereocenters. The molecule has 1 aromatic heterocycles. The van der Waals surface area contributed by atoms with Gasteiger partial charge in [0.15, 0.2) is 5.82 Å². The summed E-state index contributed by atoms with van der Waals surface area (Å²) in [4.78, 5) is 11.7. The smallest absolute Gasteiger partial charge is 0.163 e. The van der Waals surface area contributed by atoms with E-state index >= 15 is 0 Å². The van der Waals surface area contributed by atoms with E-state index in [9.17, 15) is 0 Å². The Morgan fingerprint density at radius 3 is 2.31 bits per heavy atom. The number of nitrogens with one attached hydrogen (secondary N) is 1. The van der Waals surface area contributed by atoms with Gasteiger partial charge in [0.05, 0.1) is 6.61 Å². The molecule has 0 bridgehead atoms. The third-order valence-corrected chi connectivity index (χ3v) is 4.02. The first-order chi connectivity index (χ1) is 12.8. The van der Waals surface area contributed by atoms with Crippen molar-refractivity contribution in [3.05, 3.63) is 66.7 Å². The van der Waals surface area contributed by atoms with Crippen LogP contribution in [0.25, 0.3) is 11.4 Å². The normalized spacial score (nSPS) is 10.5. The zero-order chi connectivity index (χ0) is 18.2. The molecule has 0 spiro atoms. The summed E-state index contributed by atoms with van der Waals surface area (Å²) < 4.78 is 5.13. The minimum Gasteiger partial charge on any atom is -0.383 e. The van der Waals surface area contributed by atoms with E-state index in [-0.39, 0.29) is 0 Å². The molecular weight excluding hydrogens is 324 g/mol. The van der Waals surface area contributed by atoms with E-state index < -0.39 is 0 Å². The van der Waals surface area contributed by atoms with Gasteiger partial charge in [0.2, 0.25) is 0 Å². The molecule has 0 aliphatic rings. The number of para-hydroxylation sites is 1. The van der Waals surface area contributed by atoms with Crippen LogP contribution in [0.15, 0.2) is 66.7 Å². The topological polar surface area (TPSA) is 50.3 Å². The van der Waals surface area contributed by atoms with E-state index in [1.807, 2.05) is 54.6 Å². The molecule has 1 N–H and O–H groups in total. The summed E-state index contributed by atoms with van der Waals surface area (Å²) in [6.07, 6.45) is 0. The highest BCUT2D eigenvalue weighted by Gasteiger charge is 2.13. The van der Waals surface area contributed by atoms with Crippen molar-refractivity contribution in [1.82, 2.24) is 9.97 Å². The Bertz CT molecular complexity index is 809. The molecule has 3 aromatic rings. The minimum atomic E-state index is 0.621. The van der Waals surface area contributed by atoms with Gasteiger partial charge in [0.25, 0.3) is 0 Å². The van der Waals surface area contributed by atoms with Gasteiger partial charge >= 0.3 is 0 Å². The number of hydrogen-bond acceptors (Lipinski definition) is 5. The first kappa shape index (κ1) is 17.9. The van der Waals surface area contributed by atoms with E-state index in [1.54, 1.807) is 7.11 Å². The fourth-order valence-corrected chi connectivity index (χ4v) is 2.75. The number of anilines is 3. The molecule has 2 aromatic carbocycles. The molecular formula is C21H24N4O. The fourth-order valence-electron chi connectivity index (χ4n) is 2.75. The van der Waals surface area contributed by atoms with Crippen molar-refractivity contribution in [2.75, 3.05) is 37.0 Å². The molecule has 3 rings (SSSR count). The predicted molar refractivity (Wildman–Crippen MR) is 107 cm³/mol. The maximum atomic E-state index is 5.13. The third kappa shape index (κ3) is 4.37. The van der Waals surface area contributed by atoms with Gasteiger partial charge in [-0.25, -0.2) is 9.97 Å². The number of methoxy groups -OCH3 is 1. The lowest BCUT2D eigenvalue weighted by atomic mass is 10.2. The summed E-state index contributed by atoms with van der Waals surface area (Å²) in [6.45, 7) is 4.25. The summed E-state index contributed by atoms with van der Waals surface area (Å²) in [5.74, 6) is 2.37. The predicted octanol–water partition coefficient (Wildman–Crippen LogP) is 4.36. The molecule has 0 atom stereocenters. The Balaban J connectivity index is 2.01. The highest BCUT2D eigenvalue weighted by Crippen LogP contribution is 2.27. The molecule has 0 saturated heterocycles.